The number of allylic oxidation sites excluding steroid dienone is 4. The number of anilines is 1. The first-order chi connectivity index (χ1) is 30.6. The smallest absolute Gasteiger partial charge is 0.386 e. The summed E-state index contributed by atoms with van der Waals surface area (Å²) in [5.74, 6) is -1.04. The lowest BCUT2D eigenvalue weighted by Gasteiger charge is -2.30. The van der Waals surface area contributed by atoms with Crippen molar-refractivity contribution in [3.63, 3.8) is 0 Å². The molecule has 0 spiro atoms. The highest BCUT2D eigenvalue weighted by Gasteiger charge is 2.50. The molecule has 1 aliphatic heterocycles. The van der Waals surface area contributed by atoms with Gasteiger partial charge in [0.1, 0.15) is 36.3 Å². The van der Waals surface area contributed by atoms with E-state index >= 15 is 0 Å². The Morgan fingerprint density at radius 3 is 2.29 bits per heavy atom. The molecule has 3 heterocycles. The number of aliphatic hydroxyl groups excluding tert-OH is 2. The van der Waals surface area contributed by atoms with E-state index in [0.717, 1.165) is 86.8 Å². The molecular weight excluding hydrogens is 939 g/mol. The molecule has 0 bridgehead atoms. The SMILES string of the molecule is CCC/C=C\C=C/CCCCCCCCC(=O)SCCNC(=O)CCNC(=O)[C@H](O)C(C)(C)COP(=O)(O)OP(=O)(O)OC[C@H]1O[C@@H](n2cnc3c(N)ncnc32)[C@H](O)[C@@H]1OP(=O)(O)O. The predicted molar refractivity (Wildman–Crippen MR) is 237 cm³/mol. The van der Waals surface area contributed by atoms with Gasteiger partial charge in [0.2, 0.25) is 11.8 Å². The van der Waals surface area contributed by atoms with Crippen LogP contribution in [0.5, 0.6) is 0 Å². The normalized spacial score (nSPS) is 20.6. The zero-order valence-electron chi connectivity index (χ0n) is 36.5. The number of amides is 2. The van der Waals surface area contributed by atoms with E-state index < -0.39 is 84.6 Å². The molecule has 0 aromatic carbocycles. The third-order valence-corrected chi connectivity index (χ3v) is 13.6. The van der Waals surface area contributed by atoms with Crippen molar-refractivity contribution in [1.29, 1.82) is 0 Å². The Morgan fingerprint density at radius 1 is 0.938 bits per heavy atom. The second-order valence-corrected chi connectivity index (χ2v) is 21.0. The molecule has 2 aromatic heterocycles. The van der Waals surface area contributed by atoms with Crippen LogP contribution in [0.3, 0.4) is 0 Å². The molecule has 28 heteroatoms. The maximum Gasteiger partial charge on any atom is 0.481 e. The first kappa shape index (κ1) is 56.4. The van der Waals surface area contributed by atoms with Crippen molar-refractivity contribution in [1.82, 2.24) is 30.2 Å². The number of phosphoric ester groups is 3. The van der Waals surface area contributed by atoms with Crippen LogP contribution in [0.1, 0.15) is 97.6 Å². The number of nitrogen functional groups attached to an aromatic ring is 1. The Kier molecular flexibility index (Phi) is 23.5. The van der Waals surface area contributed by atoms with Gasteiger partial charge in [-0.3, -0.25) is 32.5 Å². The average molecular weight is 1000 g/mol. The van der Waals surface area contributed by atoms with E-state index in [-0.39, 0.29) is 41.6 Å². The van der Waals surface area contributed by atoms with E-state index in [4.69, 9.17) is 19.5 Å². The number of aliphatic hydroxyl groups is 2. The lowest BCUT2D eigenvalue weighted by Crippen LogP contribution is -2.46. The van der Waals surface area contributed by atoms with E-state index in [2.05, 4.69) is 65.6 Å². The second-order valence-electron chi connectivity index (χ2n) is 15.6. The molecule has 2 aromatic rings. The number of imidazole rings is 1. The average Bonchev–Trinajstić information content (AvgIpc) is 3.79. The molecule has 24 nitrogen and oxygen atoms in total. The number of nitrogens with zero attached hydrogens (tertiary/aromatic N) is 4. The van der Waals surface area contributed by atoms with Gasteiger partial charge in [-0.2, -0.15) is 4.31 Å². The van der Waals surface area contributed by atoms with E-state index in [1.807, 2.05) is 0 Å². The minimum absolute atomic E-state index is 0.0321. The Morgan fingerprint density at radius 2 is 1.60 bits per heavy atom. The van der Waals surface area contributed by atoms with Crippen LogP contribution >= 0.6 is 35.2 Å². The number of nitrogens with two attached hydrogens (primary N) is 1. The molecule has 0 saturated carbocycles. The maximum absolute atomic E-state index is 12.7. The molecule has 7 atom stereocenters. The molecule has 368 valence electrons. The second kappa shape index (κ2) is 27.1. The van der Waals surface area contributed by atoms with Gasteiger partial charge in [-0.05, 0) is 25.7 Å². The van der Waals surface area contributed by atoms with Crippen LogP contribution in [0.4, 0.5) is 5.82 Å². The Bertz CT molecular complexity index is 2050. The highest BCUT2D eigenvalue weighted by atomic mass is 32.2. The topological polar surface area (TPSA) is 364 Å². The summed E-state index contributed by atoms with van der Waals surface area (Å²) in [4.78, 5) is 88.2. The fraction of sp³-hybridized carbons (Fsp3) is 0.676. The quantitative estimate of drug-likeness (QED) is 0.0295. The number of carbonyl (C=O) groups is 3. The van der Waals surface area contributed by atoms with E-state index in [9.17, 15) is 57.9 Å². The molecule has 0 radical (unpaired) electrons. The zero-order valence-corrected chi connectivity index (χ0v) is 40.0. The number of phosphoric acid groups is 3. The zero-order chi connectivity index (χ0) is 48.3. The van der Waals surface area contributed by atoms with E-state index in [1.54, 1.807) is 0 Å². The van der Waals surface area contributed by atoms with E-state index in [1.165, 1.54) is 13.8 Å². The van der Waals surface area contributed by atoms with Crippen LogP contribution in [0.25, 0.3) is 11.2 Å². The van der Waals surface area contributed by atoms with Gasteiger partial charge in [0.05, 0.1) is 19.5 Å². The third-order valence-electron chi connectivity index (χ3n) is 9.61. The van der Waals surface area contributed by atoms with Gasteiger partial charge in [0, 0.05) is 37.1 Å². The van der Waals surface area contributed by atoms with Gasteiger partial charge in [-0.15, -0.1) is 0 Å². The molecule has 1 aliphatic rings. The largest absolute Gasteiger partial charge is 0.481 e. The summed E-state index contributed by atoms with van der Waals surface area (Å²) >= 11 is 1.14. The lowest BCUT2D eigenvalue weighted by molar-refractivity contribution is -0.137. The fourth-order valence-electron chi connectivity index (χ4n) is 6.12. The summed E-state index contributed by atoms with van der Waals surface area (Å²) in [5, 5.41) is 26.6. The van der Waals surface area contributed by atoms with Gasteiger partial charge in [0.25, 0.3) is 0 Å². The lowest BCUT2D eigenvalue weighted by atomic mass is 9.87. The molecule has 65 heavy (non-hydrogen) atoms. The number of aromatic nitrogens is 4. The number of nitrogens with one attached hydrogen (secondary N) is 2. The summed E-state index contributed by atoms with van der Waals surface area (Å²) in [6.45, 7) is 2.70. The van der Waals surface area contributed by atoms with Crippen molar-refractivity contribution in [3.8, 4) is 0 Å². The van der Waals surface area contributed by atoms with Crippen molar-refractivity contribution in [2.24, 2.45) is 5.41 Å². The molecule has 1 saturated heterocycles. The number of hydrogen-bond donors (Lipinski definition) is 9. The van der Waals surface area contributed by atoms with Gasteiger partial charge in [-0.25, -0.2) is 28.6 Å². The van der Waals surface area contributed by atoms with Crippen molar-refractivity contribution in [2.45, 2.75) is 122 Å². The minimum Gasteiger partial charge on any atom is -0.386 e. The van der Waals surface area contributed by atoms with Crippen LogP contribution in [0, 0.1) is 5.41 Å². The number of rotatable bonds is 31. The highest BCUT2D eigenvalue weighted by molar-refractivity contribution is 8.13. The molecular formula is C37H62N7O17P3S. The van der Waals surface area contributed by atoms with Crippen LogP contribution in [0.2, 0.25) is 0 Å². The molecule has 3 rings (SSSR count). The standard InChI is InChI=1S/C37H62N7O17P3S/c1-4-5-6-7-8-9-10-11-12-13-14-15-16-17-28(46)65-21-20-39-27(45)18-19-40-35(49)32(48)37(2,3)23-58-64(55,56)61-63(53,54)57-22-26-31(60-62(50,51)52)30(47)36(59-26)44-25-43-29-33(38)41-24-42-34(29)44/h6-9,24-26,30-32,36,47-48H,4-5,10-23H2,1-3H3,(H,39,45)(H,40,49)(H,53,54)(H,55,56)(H2,38,41,42)(H2,50,51,52)/b7-6-,9-8-/t26-,30-,31-,32+,36-/m1/s1. The maximum atomic E-state index is 12.7. The highest BCUT2D eigenvalue weighted by Crippen LogP contribution is 2.61. The van der Waals surface area contributed by atoms with E-state index in [0.29, 0.717) is 12.2 Å². The van der Waals surface area contributed by atoms with Crippen LogP contribution in [-0.2, 0) is 50.7 Å². The number of thioether (sulfide) groups is 1. The van der Waals surface area contributed by atoms with Crippen molar-refractivity contribution < 1.29 is 80.5 Å². The van der Waals surface area contributed by atoms with Gasteiger partial charge >= 0.3 is 23.5 Å². The predicted octanol–water partition coefficient (Wildman–Crippen LogP) is 3.70. The van der Waals surface area contributed by atoms with Gasteiger partial charge < -0.3 is 50.9 Å². The molecule has 2 amide bonds. The van der Waals surface area contributed by atoms with Crippen molar-refractivity contribution in [3.05, 3.63) is 37.0 Å². The molecule has 0 aliphatic carbocycles. The third kappa shape index (κ3) is 20.4. The molecule has 2 unspecified atom stereocenters. The number of unbranched alkanes of at least 4 members (excludes halogenated alkanes) is 7. The van der Waals surface area contributed by atoms with Crippen molar-refractivity contribution in [2.75, 3.05) is 37.8 Å². The monoisotopic (exact) mass is 1000 g/mol. The number of ether oxygens (including phenoxy) is 1. The Labute approximate surface area is 381 Å². The summed E-state index contributed by atoms with van der Waals surface area (Å²) in [6, 6.07) is 0. The Balaban J connectivity index is 1.33. The summed E-state index contributed by atoms with van der Waals surface area (Å²) < 4.78 is 62.4. The molecule has 1 fully saturated rings. The van der Waals surface area contributed by atoms with Crippen LogP contribution in [0.15, 0.2) is 37.0 Å². The summed E-state index contributed by atoms with van der Waals surface area (Å²) in [6.07, 6.45) is 11.8. The first-order valence-corrected chi connectivity index (χ1v) is 26.4. The fourth-order valence-corrected chi connectivity index (χ4v) is 9.67. The van der Waals surface area contributed by atoms with Crippen molar-refractivity contribution >= 4 is 69.1 Å². The first-order valence-electron chi connectivity index (χ1n) is 20.9. The van der Waals surface area contributed by atoms with Crippen LogP contribution < -0.4 is 16.4 Å². The number of hydrogen-bond acceptors (Lipinski definition) is 18. The molecule has 10 N–H and O–H groups in total. The van der Waals surface area contributed by atoms with Gasteiger partial charge in [0.15, 0.2) is 22.8 Å². The Hall–Kier alpha value is -2.96. The number of fused-ring (bicyclic) bond motifs is 1. The minimum atomic E-state index is -5.58. The van der Waals surface area contributed by atoms with Crippen LogP contribution in [-0.4, -0.2) is 123 Å². The summed E-state index contributed by atoms with van der Waals surface area (Å²) in [5.41, 5.74) is 4.28. The van der Waals surface area contributed by atoms with Gasteiger partial charge in [-0.1, -0.05) is 88.9 Å². The summed E-state index contributed by atoms with van der Waals surface area (Å²) in [7, 11) is -16.4. The number of carbonyl (C=O) groups excluding carboxylic acids is 3.